The third kappa shape index (κ3) is 4.66. The summed E-state index contributed by atoms with van der Waals surface area (Å²) >= 11 is 1.57. The van der Waals surface area contributed by atoms with Gasteiger partial charge in [-0.25, -0.2) is 9.59 Å². The molecule has 2 N–H and O–H groups in total. The number of carbonyl (C=O) groups excluding carboxylic acids is 1. The van der Waals surface area contributed by atoms with Gasteiger partial charge in [-0.2, -0.15) is 16.9 Å². The van der Waals surface area contributed by atoms with Gasteiger partial charge >= 0.3 is 12.0 Å². The largest absolute Gasteiger partial charge is 0.480 e. The predicted molar refractivity (Wildman–Crippen MR) is 84.7 cm³/mol. The minimum absolute atomic E-state index is 0.204. The maximum Gasteiger partial charge on any atom is 0.326 e. The molecule has 122 valence electrons. The van der Waals surface area contributed by atoms with Gasteiger partial charge < -0.3 is 15.3 Å². The van der Waals surface area contributed by atoms with E-state index >= 15 is 0 Å². The summed E-state index contributed by atoms with van der Waals surface area (Å²) in [5.74, 6) is -0.289. The fraction of sp³-hybridized carbons (Fsp3) is 0.643. The van der Waals surface area contributed by atoms with Gasteiger partial charge in [-0.05, 0) is 31.3 Å². The molecule has 7 nitrogen and oxygen atoms in total. The summed E-state index contributed by atoms with van der Waals surface area (Å²) in [6.45, 7) is 0.458. The van der Waals surface area contributed by atoms with Gasteiger partial charge in [-0.15, -0.1) is 0 Å². The van der Waals surface area contributed by atoms with E-state index in [0.717, 1.165) is 18.4 Å². The number of hydrogen-bond donors (Lipinski definition) is 2. The van der Waals surface area contributed by atoms with Crippen LogP contribution in [0.15, 0.2) is 12.4 Å². The van der Waals surface area contributed by atoms with Crippen LogP contribution in [-0.4, -0.2) is 55.9 Å². The van der Waals surface area contributed by atoms with Crippen LogP contribution < -0.4 is 5.32 Å². The number of aromatic nitrogens is 2. The number of thioether (sulfide) groups is 1. The van der Waals surface area contributed by atoms with Gasteiger partial charge in [0.1, 0.15) is 6.04 Å². The number of nitrogens with zero attached hydrogens (tertiary/aromatic N) is 3. The van der Waals surface area contributed by atoms with E-state index in [2.05, 4.69) is 10.4 Å². The standard InChI is InChI=1S/C14H22N4O3S/c1-17-8-10(7-15-17)9-18(11-3-4-11)14(21)16-12(13(19)20)5-6-22-2/h7-8,11-12H,3-6,9H2,1-2H3,(H,16,21)(H,19,20)/t12-/m0/s1. The fourth-order valence-electron chi connectivity index (χ4n) is 2.23. The molecule has 1 saturated carbocycles. The zero-order chi connectivity index (χ0) is 16.1. The molecule has 0 saturated heterocycles. The Morgan fingerprint density at radius 1 is 1.59 bits per heavy atom. The van der Waals surface area contributed by atoms with Crippen molar-refractivity contribution in [2.45, 2.75) is 37.9 Å². The van der Waals surface area contributed by atoms with E-state index in [0.29, 0.717) is 18.7 Å². The molecular formula is C14H22N4O3S. The van der Waals surface area contributed by atoms with Gasteiger partial charge in [0.2, 0.25) is 0 Å². The van der Waals surface area contributed by atoms with Gasteiger partial charge in [0, 0.05) is 24.8 Å². The number of rotatable bonds is 8. The van der Waals surface area contributed by atoms with Crippen LogP contribution in [-0.2, 0) is 18.4 Å². The Labute approximate surface area is 134 Å². The molecule has 22 heavy (non-hydrogen) atoms. The highest BCUT2D eigenvalue weighted by Gasteiger charge is 2.34. The van der Waals surface area contributed by atoms with Crippen molar-refractivity contribution < 1.29 is 14.7 Å². The summed E-state index contributed by atoms with van der Waals surface area (Å²) in [7, 11) is 1.83. The fourth-order valence-corrected chi connectivity index (χ4v) is 2.70. The van der Waals surface area contributed by atoms with Crippen LogP contribution in [0.5, 0.6) is 0 Å². The average molecular weight is 326 g/mol. The quantitative estimate of drug-likeness (QED) is 0.752. The molecule has 1 aliphatic rings. The van der Waals surface area contributed by atoms with E-state index in [1.165, 1.54) is 0 Å². The van der Waals surface area contributed by atoms with Crippen molar-refractivity contribution in [1.29, 1.82) is 0 Å². The number of carbonyl (C=O) groups is 2. The normalized spacial score (nSPS) is 15.4. The highest BCUT2D eigenvalue weighted by atomic mass is 32.2. The summed E-state index contributed by atoms with van der Waals surface area (Å²) in [6.07, 6.45) is 7.87. The second kappa shape index (κ2) is 7.53. The highest BCUT2D eigenvalue weighted by molar-refractivity contribution is 7.98. The van der Waals surface area contributed by atoms with Crippen LogP contribution in [0.3, 0.4) is 0 Å². The van der Waals surface area contributed by atoms with Crippen LogP contribution in [0.2, 0.25) is 0 Å². The van der Waals surface area contributed by atoms with Crippen molar-refractivity contribution in [2.75, 3.05) is 12.0 Å². The van der Waals surface area contributed by atoms with Crippen molar-refractivity contribution in [3.8, 4) is 0 Å². The Balaban J connectivity index is 1.98. The van der Waals surface area contributed by atoms with E-state index < -0.39 is 12.0 Å². The van der Waals surface area contributed by atoms with Crippen molar-refractivity contribution in [3.63, 3.8) is 0 Å². The summed E-state index contributed by atoms with van der Waals surface area (Å²) in [5.41, 5.74) is 0.945. The Kier molecular flexibility index (Phi) is 5.70. The number of hydrogen-bond acceptors (Lipinski definition) is 4. The third-order valence-electron chi connectivity index (χ3n) is 3.57. The number of amides is 2. The molecule has 0 spiro atoms. The molecular weight excluding hydrogens is 304 g/mol. The molecule has 0 aliphatic heterocycles. The average Bonchev–Trinajstić information content (AvgIpc) is 3.23. The number of nitrogens with one attached hydrogen (secondary N) is 1. The number of aryl methyl sites for hydroxylation is 1. The Morgan fingerprint density at radius 3 is 2.82 bits per heavy atom. The van der Waals surface area contributed by atoms with E-state index in [4.69, 9.17) is 0 Å². The Bertz CT molecular complexity index is 530. The van der Waals surface area contributed by atoms with Crippen LogP contribution in [0.25, 0.3) is 0 Å². The minimum atomic E-state index is -0.987. The molecule has 1 fully saturated rings. The van der Waals surface area contributed by atoms with E-state index in [1.807, 2.05) is 19.5 Å². The summed E-state index contributed by atoms with van der Waals surface area (Å²) in [5, 5.41) is 16.0. The van der Waals surface area contributed by atoms with E-state index in [-0.39, 0.29) is 12.1 Å². The lowest BCUT2D eigenvalue weighted by Gasteiger charge is -2.24. The lowest BCUT2D eigenvalue weighted by molar-refractivity contribution is -0.139. The number of carboxylic acids is 1. The van der Waals surface area contributed by atoms with Crippen LogP contribution in [0, 0.1) is 0 Å². The van der Waals surface area contributed by atoms with Crippen molar-refractivity contribution >= 4 is 23.8 Å². The second-order valence-corrected chi connectivity index (χ2v) is 6.49. The van der Waals surface area contributed by atoms with Gasteiger partial charge in [-0.3, -0.25) is 4.68 Å². The van der Waals surface area contributed by atoms with Gasteiger partial charge in [0.15, 0.2) is 0 Å². The predicted octanol–water partition coefficient (Wildman–Crippen LogP) is 1.30. The zero-order valence-electron chi connectivity index (χ0n) is 12.9. The molecule has 8 heteroatoms. The molecule has 1 atom stereocenters. The molecule has 1 aromatic rings. The topological polar surface area (TPSA) is 87.5 Å². The minimum Gasteiger partial charge on any atom is -0.480 e. The number of urea groups is 1. The van der Waals surface area contributed by atoms with Gasteiger partial charge in [-0.1, -0.05) is 0 Å². The number of aliphatic carboxylic acids is 1. The lowest BCUT2D eigenvalue weighted by atomic mass is 10.2. The highest BCUT2D eigenvalue weighted by Crippen LogP contribution is 2.28. The van der Waals surface area contributed by atoms with Crippen molar-refractivity contribution in [1.82, 2.24) is 20.0 Å². The first-order valence-corrected chi connectivity index (χ1v) is 8.67. The number of carboxylic acid groups (broad SMARTS) is 1. The molecule has 0 bridgehead atoms. The molecule has 1 aliphatic carbocycles. The molecule has 0 aromatic carbocycles. The molecule has 1 heterocycles. The molecule has 2 amide bonds. The maximum absolute atomic E-state index is 12.4. The smallest absolute Gasteiger partial charge is 0.326 e. The Morgan fingerprint density at radius 2 is 2.32 bits per heavy atom. The maximum atomic E-state index is 12.4. The SMILES string of the molecule is CSCC[C@H](NC(=O)N(Cc1cnn(C)c1)C1CC1)C(=O)O. The van der Waals surface area contributed by atoms with Gasteiger partial charge in [0.05, 0.1) is 12.7 Å². The first kappa shape index (κ1) is 16.7. The zero-order valence-corrected chi connectivity index (χ0v) is 13.7. The van der Waals surface area contributed by atoms with Crippen LogP contribution in [0.1, 0.15) is 24.8 Å². The summed E-state index contributed by atoms with van der Waals surface area (Å²) in [6, 6.07) is -0.940. The monoisotopic (exact) mass is 326 g/mol. The van der Waals surface area contributed by atoms with Crippen LogP contribution >= 0.6 is 11.8 Å². The summed E-state index contributed by atoms with van der Waals surface area (Å²) < 4.78 is 1.69. The molecule has 0 radical (unpaired) electrons. The first-order valence-electron chi connectivity index (χ1n) is 7.27. The lowest BCUT2D eigenvalue weighted by Crippen LogP contribution is -2.48. The first-order chi connectivity index (χ1) is 10.5. The van der Waals surface area contributed by atoms with Crippen LogP contribution in [0.4, 0.5) is 4.79 Å². The van der Waals surface area contributed by atoms with Crippen molar-refractivity contribution in [2.24, 2.45) is 7.05 Å². The van der Waals surface area contributed by atoms with Crippen molar-refractivity contribution in [3.05, 3.63) is 18.0 Å². The van der Waals surface area contributed by atoms with Gasteiger partial charge in [0.25, 0.3) is 0 Å². The van der Waals surface area contributed by atoms with E-state index in [1.54, 1.807) is 27.5 Å². The second-order valence-electron chi connectivity index (χ2n) is 5.50. The van der Waals surface area contributed by atoms with E-state index in [9.17, 15) is 14.7 Å². The molecule has 0 unspecified atom stereocenters. The summed E-state index contributed by atoms with van der Waals surface area (Å²) in [4.78, 5) is 25.4. The third-order valence-corrected chi connectivity index (χ3v) is 4.21. The molecule has 1 aromatic heterocycles. The Hall–Kier alpha value is -1.70. The molecule has 2 rings (SSSR count).